The van der Waals surface area contributed by atoms with Gasteiger partial charge in [0, 0.05) is 17.6 Å². The average molecular weight is 372 g/mol. The zero-order valence-corrected chi connectivity index (χ0v) is 15.6. The van der Waals surface area contributed by atoms with Crippen molar-refractivity contribution in [1.29, 1.82) is 0 Å². The fraction of sp³-hybridized carbons (Fsp3) is 0.350. The van der Waals surface area contributed by atoms with Gasteiger partial charge in [0.15, 0.2) is 5.58 Å². The Hall–Kier alpha value is -2.77. The first-order valence-electron chi connectivity index (χ1n) is 8.70. The van der Waals surface area contributed by atoms with Crippen LogP contribution in [-0.4, -0.2) is 34.4 Å². The minimum absolute atomic E-state index is 0.0976. The highest BCUT2D eigenvalue weighted by Gasteiger charge is 2.22. The van der Waals surface area contributed by atoms with E-state index in [1.165, 1.54) is 6.07 Å². The number of nitrogens with one attached hydrogen (secondary N) is 2. The molecule has 7 heteroatoms. The van der Waals surface area contributed by atoms with Crippen LogP contribution in [0.2, 0.25) is 0 Å². The molecule has 2 aromatic carbocycles. The molecule has 0 aliphatic rings. The number of oxazole rings is 1. The number of fused-ring (bicyclic) bond motifs is 1. The summed E-state index contributed by atoms with van der Waals surface area (Å²) in [6.45, 7) is 4.36. The Morgan fingerprint density at radius 3 is 2.59 bits per heavy atom. The van der Waals surface area contributed by atoms with Crippen molar-refractivity contribution >= 4 is 11.1 Å². The third kappa shape index (κ3) is 4.32. The molecular weight excluding hydrogens is 348 g/mol. The standard InChI is InChI=1S/C20H24N2O5/c1-20(2,10-12-4-6-13(26-3)7-5-12)21-11-16(24)14-8-9-15(23)17-18(14)27-19(25)22-17/h4-9,16,21,23-24H,10-11H2,1-3H3,(H,22,25). The van der Waals surface area contributed by atoms with Gasteiger partial charge in [-0.25, -0.2) is 4.79 Å². The first-order chi connectivity index (χ1) is 12.8. The van der Waals surface area contributed by atoms with Crippen LogP contribution in [0, 0.1) is 0 Å². The molecule has 4 N–H and O–H groups in total. The van der Waals surface area contributed by atoms with E-state index >= 15 is 0 Å². The minimum Gasteiger partial charge on any atom is -0.506 e. The van der Waals surface area contributed by atoms with Crippen LogP contribution in [0.5, 0.6) is 11.5 Å². The molecule has 0 spiro atoms. The maximum Gasteiger partial charge on any atom is 0.417 e. The molecule has 7 nitrogen and oxygen atoms in total. The van der Waals surface area contributed by atoms with Crippen molar-refractivity contribution < 1.29 is 19.4 Å². The van der Waals surface area contributed by atoms with Crippen molar-refractivity contribution in [3.8, 4) is 11.5 Å². The number of aromatic hydroxyl groups is 1. The lowest BCUT2D eigenvalue weighted by atomic mass is 9.94. The first-order valence-corrected chi connectivity index (χ1v) is 8.70. The topological polar surface area (TPSA) is 108 Å². The van der Waals surface area contributed by atoms with Gasteiger partial charge >= 0.3 is 5.76 Å². The third-order valence-electron chi connectivity index (χ3n) is 4.53. The number of benzene rings is 2. The molecule has 0 amide bonds. The summed E-state index contributed by atoms with van der Waals surface area (Å²) in [5, 5.41) is 23.7. The van der Waals surface area contributed by atoms with E-state index < -0.39 is 11.9 Å². The predicted octanol–water partition coefficient (Wildman–Crippen LogP) is 2.48. The highest BCUT2D eigenvalue weighted by Crippen LogP contribution is 2.29. The molecule has 0 aliphatic carbocycles. The van der Waals surface area contributed by atoms with E-state index in [0.29, 0.717) is 5.56 Å². The summed E-state index contributed by atoms with van der Waals surface area (Å²) in [5.74, 6) is 0.0385. The lowest BCUT2D eigenvalue weighted by molar-refractivity contribution is 0.161. The van der Waals surface area contributed by atoms with E-state index in [1.54, 1.807) is 13.2 Å². The number of aliphatic hydroxyl groups is 1. The van der Waals surface area contributed by atoms with Crippen molar-refractivity contribution in [3.05, 3.63) is 58.1 Å². The van der Waals surface area contributed by atoms with Gasteiger partial charge in [0.05, 0.1) is 13.2 Å². The maximum atomic E-state index is 11.4. The van der Waals surface area contributed by atoms with Crippen molar-refractivity contribution in [1.82, 2.24) is 10.3 Å². The van der Waals surface area contributed by atoms with Gasteiger partial charge < -0.3 is 24.7 Å². The third-order valence-corrected chi connectivity index (χ3v) is 4.53. The number of aromatic nitrogens is 1. The number of methoxy groups -OCH3 is 1. The quantitative estimate of drug-likeness (QED) is 0.507. The molecule has 0 saturated heterocycles. The Morgan fingerprint density at radius 1 is 1.22 bits per heavy atom. The molecular formula is C20H24N2O5. The fourth-order valence-corrected chi connectivity index (χ4v) is 3.10. The molecule has 0 fully saturated rings. The second-order valence-electron chi connectivity index (χ2n) is 7.20. The van der Waals surface area contributed by atoms with Crippen molar-refractivity contribution in [2.75, 3.05) is 13.7 Å². The molecule has 3 rings (SSSR count). The summed E-state index contributed by atoms with van der Waals surface area (Å²) in [5.41, 5.74) is 1.67. The van der Waals surface area contributed by atoms with Crippen molar-refractivity contribution in [3.63, 3.8) is 0 Å². The van der Waals surface area contributed by atoms with Crippen LogP contribution >= 0.6 is 0 Å². The molecule has 1 heterocycles. The number of H-pyrrole nitrogens is 1. The fourth-order valence-electron chi connectivity index (χ4n) is 3.10. The van der Waals surface area contributed by atoms with Crippen LogP contribution in [0.4, 0.5) is 0 Å². The van der Waals surface area contributed by atoms with Crippen LogP contribution in [0.1, 0.15) is 31.1 Å². The Balaban J connectivity index is 1.69. The molecule has 1 atom stereocenters. The number of aliphatic hydroxyl groups excluding tert-OH is 1. The van der Waals surface area contributed by atoms with Gasteiger partial charge in [-0.15, -0.1) is 0 Å². The van der Waals surface area contributed by atoms with Gasteiger partial charge in [-0.2, -0.15) is 0 Å². The number of phenols is 1. The zero-order chi connectivity index (χ0) is 19.6. The molecule has 27 heavy (non-hydrogen) atoms. The van der Waals surface area contributed by atoms with Crippen molar-refractivity contribution in [2.24, 2.45) is 0 Å². The lowest BCUT2D eigenvalue weighted by Gasteiger charge is -2.28. The predicted molar refractivity (Wildman–Crippen MR) is 102 cm³/mol. The van der Waals surface area contributed by atoms with Crippen LogP contribution in [0.15, 0.2) is 45.6 Å². The van der Waals surface area contributed by atoms with E-state index in [1.807, 2.05) is 38.1 Å². The molecule has 1 aromatic heterocycles. The summed E-state index contributed by atoms with van der Waals surface area (Å²) in [4.78, 5) is 13.9. The highest BCUT2D eigenvalue weighted by molar-refractivity contribution is 5.82. The summed E-state index contributed by atoms with van der Waals surface area (Å²) >= 11 is 0. The summed E-state index contributed by atoms with van der Waals surface area (Å²) in [7, 11) is 1.63. The molecule has 144 valence electrons. The second kappa shape index (κ2) is 7.46. The summed E-state index contributed by atoms with van der Waals surface area (Å²) in [6.07, 6.45) is -0.143. The van der Waals surface area contributed by atoms with E-state index in [9.17, 15) is 15.0 Å². The van der Waals surface area contributed by atoms with Gasteiger partial charge in [-0.1, -0.05) is 12.1 Å². The first kappa shape index (κ1) is 19.0. The molecule has 1 unspecified atom stereocenters. The van der Waals surface area contributed by atoms with Crippen LogP contribution in [-0.2, 0) is 6.42 Å². The largest absolute Gasteiger partial charge is 0.506 e. The van der Waals surface area contributed by atoms with Gasteiger partial charge in [-0.3, -0.25) is 4.98 Å². The Kier molecular flexibility index (Phi) is 5.25. The second-order valence-corrected chi connectivity index (χ2v) is 7.20. The maximum absolute atomic E-state index is 11.4. The SMILES string of the molecule is COc1ccc(CC(C)(C)NCC(O)c2ccc(O)c3[nH]c(=O)oc23)cc1. The van der Waals surface area contributed by atoms with E-state index in [-0.39, 0.29) is 28.9 Å². The number of hydrogen-bond donors (Lipinski definition) is 4. The minimum atomic E-state index is -0.901. The summed E-state index contributed by atoms with van der Waals surface area (Å²) < 4.78 is 10.3. The Bertz CT molecular complexity index is 972. The molecule has 0 saturated carbocycles. The van der Waals surface area contributed by atoms with E-state index in [0.717, 1.165) is 17.7 Å². The molecule has 0 radical (unpaired) electrons. The van der Waals surface area contributed by atoms with Crippen LogP contribution in [0.25, 0.3) is 11.1 Å². The lowest BCUT2D eigenvalue weighted by Crippen LogP contribution is -2.43. The van der Waals surface area contributed by atoms with Gasteiger partial charge in [0.2, 0.25) is 0 Å². The van der Waals surface area contributed by atoms with Crippen LogP contribution < -0.4 is 15.8 Å². The Morgan fingerprint density at radius 2 is 1.93 bits per heavy atom. The summed E-state index contributed by atoms with van der Waals surface area (Å²) in [6, 6.07) is 10.8. The number of aromatic amines is 1. The number of β-amino-alcohol motifs (C(OH)–C–C–N with tert-alkyl or cyclic N) is 1. The molecule has 3 aromatic rings. The molecule has 0 bridgehead atoms. The number of ether oxygens (including phenoxy) is 1. The van der Waals surface area contributed by atoms with Crippen molar-refractivity contribution in [2.45, 2.75) is 31.9 Å². The zero-order valence-electron chi connectivity index (χ0n) is 15.6. The van der Waals surface area contributed by atoms with Gasteiger partial charge in [0.25, 0.3) is 0 Å². The number of hydrogen-bond acceptors (Lipinski definition) is 6. The molecule has 0 aliphatic heterocycles. The highest BCUT2D eigenvalue weighted by atomic mass is 16.5. The average Bonchev–Trinajstić information content (AvgIpc) is 3.03. The van der Waals surface area contributed by atoms with Gasteiger partial charge in [0.1, 0.15) is 17.0 Å². The smallest absolute Gasteiger partial charge is 0.417 e. The number of rotatable bonds is 7. The van der Waals surface area contributed by atoms with Gasteiger partial charge in [-0.05, 0) is 50.1 Å². The van der Waals surface area contributed by atoms with Crippen LogP contribution in [0.3, 0.4) is 0 Å². The van der Waals surface area contributed by atoms with E-state index in [2.05, 4.69) is 10.3 Å². The normalized spacial score (nSPS) is 13.0. The monoisotopic (exact) mass is 372 g/mol. The Labute approximate surface area is 156 Å². The van der Waals surface area contributed by atoms with E-state index in [4.69, 9.17) is 9.15 Å². The number of phenolic OH excluding ortho intramolecular Hbond substituents is 1.